The standard InChI is InChI=1S/C23H20N4O4/c1-31-22-10-8-20(9-11-22)26-14-18-5-4-17(12-19(18)15-26)23(28)25-24-13-16-2-6-21(7-3-16)27(29)30/h2-13H,14-15H2,1H3,(H,25,28)/b24-13+. The van der Waals surface area contributed by atoms with Gasteiger partial charge < -0.3 is 9.64 Å². The van der Waals surface area contributed by atoms with E-state index in [4.69, 9.17) is 4.74 Å². The minimum atomic E-state index is -0.466. The van der Waals surface area contributed by atoms with E-state index in [0.29, 0.717) is 11.1 Å². The number of anilines is 1. The van der Waals surface area contributed by atoms with Crippen LogP contribution in [-0.2, 0) is 13.1 Å². The summed E-state index contributed by atoms with van der Waals surface area (Å²) in [6, 6.07) is 19.4. The van der Waals surface area contributed by atoms with Gasteiger partial charge in [0, 0.05) is 36.5 Å². The Morgan fingerprint density at radius 3 is 2.45 bits per heavy atom. The second-order valence-electron chi connectivity index (χ2n) is 7.09. The van der Waals surface area contributed by atoms with E-state index in [1.165, 1.54) is 23.9 Å². The Balaban J connectivity index is 1.39. The number of nitro benzene ring substituents is 1. The number of hydrazone groups is 1. The van der Waals surface area contributed by atoms with Crippen molar-refractivity contribution in [3.8, 4) is 5.75 Å². The highest BCUT2D eigenvalue weighted by molar-refractivity contribution is 5.95. The third kappa shape index (κ3) is 4.53. The lowest BCUT2D eigenvalue weighted by Crippen LogP contribution is -2.17. The summed E-state index contributed by atoms with van der Waals surface area (Å²) < 4.78 is 5.21. The van der Waals surface area contributed by atoms with Gasteiger partial charge in [-0.05, 0) is 65.2 Å². The van der Waals surface area contributed by atoms with Crippen LogP contribution in [0.15, 0.2) is 71.8 Å². The average molecular weight is 416 g/mol. The van der Waals surface area contributed by atoms with Gasteiger partial charge in [-0.1, -0.05) is 6.07 Å². The van der Waals surface area contributed by atoms with Crippen molar-refractivity contribution in [1.82, 2.24) is 5.43 Å². The van der Waals surface area contributed by atoms with E-state index in [2.05, 4.69) is 15.4 Å². The number of ether oxygens (including phenoxy) is 1. The van der Waals surface area contributed by atoms with Gasteiger partial charge >= 0.3 is 0 Å². The SMILES string of the molecule is COc1ccc(N2Cc3ccc(C(=O)N/N=C/c4ccc([N+](=O)[O-])cc4)cc3C2)cc1. The van der Waals surface area contributed by atoms with Gasteiger partial charge in [-0.3, -0.25) is 14.9 Å². The predicted octanol–water partition coefficient (Wildman–Crippen LogP) is 3.89. The molecule has 3 aromatic carbocycles. The van der Waals surface area contributed by atoms with E-state index in [-0.39, 0.29) is 11.6 Å². The van der Waals surface area contributed by atoms with Crippen LogP contribution in [0.1, 0.15) is 27.0 Å². The molecule has 8 nitrogen and oxygen atoms in total. The maximum Gasteiger partial charge on any atom is 0.271 e. The Kier molecular flexibility index (Phi) is 5.61. The normalized spacial score (nSPS) is 12.6. The zero-order valence-corrected chi connectivity index (χ0v) is 16.8. The first-order valence-electron chi connectivity index (χ1n) is 9.62. The molecule has 0 spiro atoms. The molecular formula is C23H20N4O4. The molecular weight excluding hydrogens is 396 g/mol. The quantitative estimate of drug-likeness (QED) is 0.374. The molecule has 1 amide bonds. The van der Waals surface area contributed by atoms with Gasteiger partial charge in [-0.25, -0.2) is 5.43 Å². The van der Waals surface area contributed by atoms with Crippen LogP contribution in [0.3, 0.4) is 0 Å². The lowest BCUT2D eigenvalue weighted by molar-refractivity contribution is -0.384. The van der Waals surface area contributed by atoms with Crippen molar-refractivity contribution in [3.05, 3.63) is 99.1 Å². The van der Waals surface area contributed by atoms with Crippen LogP contribution in [0.4, 0.5) is 11.4 Å². The van der Waals surface area contributed by atoms with Crippen molar-refractivity contribution >= 4 is 23.5 Å². The number of hydrogen-bond acceptors (Lipinski definition) is 6. The van der Waals surface area contributed by atoms with Gasteiger partial charge in [-0.2, -0.15) is 5.10 Å². The van der Waals surface area contributed by atoms with Crippen molar-refractivity contribution < 1.29 is 14.5 Å². The third-order valence-corrected chi connectivity index (χ3v) is 5.11. The Morgan fingerprint density at radius 2 is 1.77 bits per heavy atom. The highest BCUT2D eigenvalue weighted by Crippen LogP contribution is 2.30. The minimum Gasteiger partial charge on any atom is -0.497 e. The van der Waals surface area contributed by atoms with E-state index in [1.807, 2.05) is 36.4 Å². The van der Waals surface area contributed by atoms with Gasteiger partial charge in [0.1, 0.15) is 5.75 Å². The molecule has 1 aliphatic rings. The third-order valence-electron chi connectivity index (χ3n) is 5.11. The number of nitrogens with one attached hydrogen (secondary N) is 1. The molecule has 0 aromatic heterocycles. The number of hydrogen-bond donors (Lipinski definition) is 1. The molecule has 0 saturated heterocycles. The van der Waals surface area contributed by atoms with Gasteiger partial charge in [0.15, 0.2) is 0 Å². The summed E-state index contributed by atoms with van der Waals surface area (Å²) in [7, 11) is 1.64. The molecule has 1 aliphatic heterocycles. The van der Waals surface area contributed by atoms with Gasteiger partial charge in [0.2, 0.25) is 0 Å². The monoisotopic (exact) mass is 416 g/mol. The summed E-state index contributed by atoms with van der Waals surface area (Å²) in [6.07, 6.45) is 1.44. The average Bonchev–Trinajstić information content (AvgIpc) is 3.23. The first-order valence-corrected chi connectivity index (χ1v) is 9.62. The van der Waals surface area contributed by atoms with Crippen LogP contribution in [0, 0.1) is 10.1 Å². The molecule has 0 bridgehead atoms. The second-order valence-corrected chi connectivity index (χ2v) is 7.09. The van der Waals surface area contributed by atoms with Gasteiger partial charge in [0.25, 0.3) is 11.6 Å². The molecule has 0 fully saturated rings. The molecule has 1 N–H and O–H groups in total. The number of fused-ring (bicyclic) bond motifs is 1. The fourth-order valence-electron chi connectivity index (χ4n) is 3.42. The molecule has 3 aromatic rings. The van der Waals surface area contributed by atoms with Crippen molar-refractivity contribution in [2.45, 2.75) is 13.1 Å². The number of non-ortho nitro benzene ring substituents is 1. The van der Waals surface area contributed by atoms with E-state index in [9.17, 15) is 14.9 Å². The molecule has 0 saturated carbocycles. The Hall–Kier alpha value is -4.20. The van der Waals surface area contributed by atoms with E-state index in [0.717, 1.165) is 30.1 Å². The van der Waals surface area contributed by atoms with Crippen LogP contribution in [-0.4, -0.2) is 24.2 Å². The second kappa shape index (κ2) is 8.66. The van der Waals surface area contributed by atoms with E-state index >= 15 is 0 Å². The fraction of sp³-hybridized carbons (Fsp3) is 0.130. The van der Waals surface area contributed by atoms with Crippen molar-refractivity contribution in [1.29, 1.82) is 0 Å². The minimum absolute atomic E-state index is 0.00279. The lowest BCUT2D eigenvalue weighted by atomic mass is 10.1. The molecule has 0 atom stereocenters. The molecule has 4 rings (SSSR count). The number of rotatable bonds is 6. The van der Waals surface area contributed by atoms with E-state index < -0.39 is 4.92 Å². The van der Waals surface area contributed by atoms with Crippen LogP contribution in [0.5, 0.6) is 5.75 Å². The van der Waals surface area contributed by atoms with Crippen LogP contribution in [0.2, 0.25) is 0 Å². The summed E-state index contributed by atoms with van der Waals surface area (Å²) >= 11 is 0. The molecule has 1 heterocycles. The fourth-order valence-corrected chi connectivity index (χ4v) is 3.42. The highest BCUT2D eigenvalue weighted by atomic mass is 16.6. The van der Waals surface area contributed by atoms with E-state index in [1.54, 1.807) is 25.3 Å². The number of carbonyl (C=O) groups is 1. The summed E-state index contributed by atoms with van der Waals surface area (Å²) in [6.45, 7) is 1.50. The zero-order chi connectivity index (χ0) is 21.8. The first kappa shape index (κ1) is 20.1. The van der Waals surface area contributed by atoms with Gasteiger partial charge in [-0.15, -0.1) is 0 Å². The number of methoxy groups -OCH3 is 1. The number of nitrogens with zero attached hydrogens (tertiary/aromatic N) is 3. The van der Waals surface area contributed by atoms with Crippen LogP contribution in [0.25, 0.3) is 0 Å². The number of benzene rings is 3. The molecule has 0 aliphatic carbocycles. The zero-order valence-electron chi connectivity index (χ0n) is 16.8. The summed E-state index contributed by atoms with van der Waals surface area (Å²) in [5.74, 6) is 0.498. The van der Waals surface area contributed by atoms with Crippen LogP contribution >= 0.6 is 0 Å². The Morgan fingerprint density at radius 1 is 1.06 bits per heavy atom. The summed E-state index contributed by atoms with van der Waals surface area (Å²) in [5.41, 5.74) is 7.05. The van der Waals surface area contributed by atoms with Crippen molar-refractivity contribution in [3.63, 3.8) is 0 Å². The Bertz CT molecular complexity index is 1140. The maximum absolute atomic E-state index is 12.5. The molecule has 8 heteroatoms. The van der Waals surface area contributed by atoms with Gasteiger partial charge in [0.05, 0.1) is 18.2 Å². The lowest BCUT2D eigenvalue weighted by Gasteiger charge is -2.17. The van der Waals surface area contributed by atoms with Crippen molar-refractivity contribution in [2.24, 2.45) is 5.10 Å². The molecule has 0 unspecified atom stereocenters. The molecule has 0 radical (unpaired) electrons. The summed E-state index contributed by atoms with van der Waals surface area (Å²) in [5, 5.41) is 14.6. The number of nitro groups is 1. The number of carbonyl (C=O) groups excluding carboxylic acids is 1. The topological polar surface area (TPSA) is 97.1 Å². The first-order chi connectivity index (χ1) is 15.0. The smallest absolute Gasteiger partial charge is 0.271 e. The Labute approximate surface area is 178 Å². The highest BCUT2D eigenvalue weighted by Gasteiger charge is 2.20. The summed E-state index contributed by atoms with van der Waals surface area (Å²) in [4.78, 5) is 24.9. The van der Waals surface area contributed by atoms with Crippen molar-refractivity contribution in [2.75, 3.05) is 12.0 Å². The number of amides is 1. The van der Waals surface area contributed by atoms with Crippen LogP contribution < -0.4 is 15.1 Å². The molecule has 31 heavy (non-hydrogen) atoms. The largest absolute Gasteiger partial charge is 0.497 e. The predicted molar refractivity (Wildman–Crippen MR) is 117 cm³/mol. The molecule has 156 valence electrons. The maximum atomic E-state index is 12.5.